The van der Waals surface area contributed by atoms with Gasteiger partial charge in [0.1, 0.15) is 5.54 Å². The van der Waals surface area contributed by atoms with Gasteiger partial charge in [0.05, 0.1) is 12.6 Å². The van der Waals surface area contributed by atoms with Crippen molar-refractivity contribution in [1.29, 1.82) is 5.26 Å². The van der Waals surface area contributed by atoms with Crippen LogP contribution in [0, 0.1) is 24.2 Å². The highest BCUT2D eigenvalue weighted by Gasteiger charge is 2.42. The number of nitrogens with zero attached hydrogens (tertiary/aromatic N) is 2. The van der Waals surface area contributed by atoms with Gasteiger partial charge in [-0.3, -0.25) is 9.59 Å². The molecule has 3 rings (SSSR count). The van der Waals surface area contributed by atoms with Gasteiger partial charge in [-0.05, 0) is 50.3 Å². The van der Waals surface area contributed by atoms with Gasteiger partial charge >= 0.3 is 0 Å². The molecule has 144 valence electrons. The summed E-state index contributed by atoms with van der Waals surface area (Å²) in [5.41, 5.74) is 1.50. The minimum atomic E-state index is -0.794. The number of nitrogens with one attached hydrogen (secondary N) is 2. The summed E-state index contributed by atoms with van der Waals surface area (Å²) >= 11 is 1.87. The van der Waals surface area contributed by atoms with Crippen LogP contribution in [0.15, 0.2) is 18.2 Å². The standard InChI is InChI=1S/C20H26N4O2S/c1-14-16(19(26)24-8-10-27-11-9-24)4-3-5-17(14)22-12-18(25)23-20(2,13-21)15-6-7-15/h3-5,15,22H,6-12H2,1-2H3,(H,23,25). The van der Waals surface area contributed by atoms with Gasteiger partial charge in [0, 0.05) is 35.8 Å². The molecule has 1 aliphatic heterocycles. The Morgan fingerprint density at radius 3 is 2.67 bits per heavy atom. The van der Waals surface area contributed by atoms with Crippen LogP contribution in [0.4, 0.5) is 5.69 Å². The van der Waals surface area contributed by atoms with E-state index in [9.17, 15) is 14.9 Å². The zero-order valence-corrected chi connectivity index (χ0v) is 16.7. The predicted molar refractivity (Wildman–Crippen MR) is 108 cm³/mol. The van der Waals surface area contributed by atoms with Gasteiger partial charge in [-0.1, -0.05) is 6.07 Å². The van der Waals surface area contributed by atoms with E-state index >= 15 is 0 Å². The van der Waals surface area contributed by atoms with E-state index in [0.717, 1.165) is 48.7 Å². The topological polar surface area (TPSA) is 85.2 Å². The maximum atomic E-state index is 12.8. The maximum Gasteiger partial charge on any atom is 0.254 e. The Morgan fingerprint density at radius 2 is 2.04 bits per heavy atom. The van der Waals surface area contributed by atoms with Gasteiger partial charge in [-0.15, -0.1) is 0 Å². The summed E-state index contributed by atoms with van der Waals surface area (Å²) in [5, 5.41) is 15.3. The zero-order valence-electron chi connectivity index (χ0n) is 15.9. The van der Waals surface area contributed by atoms with Crippen molar-refractivity contribution in [2.24, 2.45) is 5.92 Å². The third-order valence-corrected chi connectivity index (χ3v) is 6.27. The summed E-state index contributed by atoms with van der Waals surface area (Å²) in [6.45, 7) is 5.30. The Labute approximate surface area is 164 Å². The second kappa shape index (κ2) is 8.22. The number of rotatable bonds is 6. The average Bonchev–Trinajstić information content (AvgIpc) is 3.53. The van der Waals surface area contributed by atoms with Crippen LogP contribution in [0.1, 0.15) is 35.7 Å². The van der Waals surface area contributed by atoms with Gasteiger partial charge in [0.15, 0.2) is 0 Å². The summed E-state index contributed by atoms with van der Waals surface area (Å²) < 4.78 is 0. The number of carbonyl (C=O) groups excluding carboxylic acids is 2. The molecule has 1 aliphatic carbocycles. The Bertz CT molecular complexity index is 766. The minimum absolute atomic E-state index is 0.0479. The van der Waals surface area contributed by atoms with E-state index in [1.807, 2.05) is 41.8 Å². The Morgan fingerprint density at radius 1 is 1.33 bits per heavy atom. The van der Waals surface area contributed by atoms with Crippen LogP contribution in [0.3, 0.4) is 0 Å². The molecule has 0 bridgehead atoms. The number of carbonyl (C=O) groups is 2. The van der Waals surface area contributed by atoms with Crippen molar-refractivity contribution in [3.05, 3.63) is 29.3 Å². The zero-order chi connectivity index (χ0) is 19.4. The van der Waals surface area contributed by atoms with Crippen LogP contribution in [0.5, 0.6) is 0 Å². The smallest absolute Gasteiger partial charge is 0.254 e. The van der Waals surface area contributed by atoms with E-state index < -0.39 is 5.54 Å². The molecule has 1 aromatic carbocycles. The van der Waals surface area contributed by atoms with E-state index in [-0.39, 0.29) is 24.3 Å². The normalized spacial score (nSPS) is 18.9. The molecule has 7 heteroatoms. The first-order valence-corrected chi connectivity index (χ1v) is 10.5. The summed E-state index contributed by atoms with van der Waals surface area (Å²) in [6, 6.07) is 7.77. The summed E-state index contributed by atoms with van der Waals surface area (Å²) in [6.07, 6.45) is 1.96. The van der Waals surface area contributed by atoms with Gasteiger partial charge < -0.3 is 15.5 Å². The lowest BCUT2D eigenvalue weighted by molar-refractivity contribution is -0.120. The molecule has 0 radical (unpaired) electrons. The van der Waals surface area contributed by atoms with Gasteiger partial charge in [0.2, 0.25) is 5.91 Å². The number of hydrogen-bond donors (Lipinski definition) is 2. The number of hydrogen-bond acceptors (Lipinski definition) is 5. The highest BCUT2D eigenvalue weighted by Crippen LogP contribution is 2.39. The van der Waals surface area contributed by atoms with Crippen molar-refractivity contribution >= 4 is 29.3 Å². The third-order valence-electron chi connectivity index (χ3n) is 5.33. The van der Waals surface area contributed by atoms with Gasteiger partial charge in [-0.2, -0.15) is 17.0 Å². The molecule has 1 saturated carbocycles. The quantitative estimate of drug-likeness (QED) is 0.784. The van der Waals surface area contributed by atoms with Crippen LogP contribution >= 0.6 is 11.8 Å². The Kier molecular flexibility index (Phi) is 5.95. The van der Waals surface area contributed by atoms with Crippen LogP contribution in [0.25, 0.3) is 0 Å². The van der Waals surface area contributed by atoms with Crippen molar-refractivity contribution in [2.45, 2.75) is 32.2 Å². The number of nitriles is 1. The van der Waals surface area contributed by atoms with E-state index in [0.29, 0.717) is 5.56 Å². The SMILES string of the molecule is Cc1c(NCC(=O)NC(C)(C#N)C2CC2)cccc1C(=O)N1CCSCC1. The molecule has 1 unspecified atom stereocenters. The van der Waals surface area contributed by atoms with Crippen molar-refractivity contribution in [3.8, 4) is 6.07 Å². The number of amides is 2. The molecule has 1 atom stereocenters. The number of anilines is 1. The second-order valence-corrected chi connectivity index (χ2v) is 8.60. The molecule has 1 saturated heterocycles. The highest BCUT2D eigenvalue weighted by molar-refractivity contribution is 7.99. The molecule has 2 fully saturated rings. The molecule has 1 heterocycles. The van der Waals surface area contributed by atoms with Crippen molar-refractivity contribution in [2.75, 3.05) is 36.5 Å². The fourth-order valence-electron chi connectivity index (χ4n) is 3.39. The molecule has 6 nitrogen and oxygen atoms in total. The number of benzene rings is 1. The van der Waals surface area contributed by atoms with Crippen molar-refractivity contribution < 1.29 is 9.59 Å². The van der Waals surface area contributed by atoms with Crippen LogP contribution in [0.2, 0.25) is 0 Å². The summed E-state index contributed by atoms with van der Waals surface area (Å²) in [7, 11) is 0. The molecule has 1 aromatic rings. The minimum Gasteiger partial charge on any atom is -0.376 e. The molecule has 27 heavy (non-hydrogen) atoms. The maximum absolute atomic E-state index is 12.8. The Hall–Kier alpha value is -2.20. The van der Waals surface area contributed by atoms with E-state index in [1.54, 1.807) is 6.92 Å². The van der Waals surface area contributed by atoms with Gasteiger partial charge in [0.25, 0.3) is 5.91 Å². The van der Waals surface area contributed by atoms with E-state index in [2.05, 4.69) is 16.7 Å². The lowest BCUT2D eigenvalue weighted by atomic mass is 9.98. The fourth-order valence-corrected chi connectivity index (χ4v) is 4.29. The fraction of sp³-hybridized carbons (Fsp3) is 0.550. The first kappa shape index (κ1) is 19.6. The van der Waals surface area contributed by atoms with Crippen molar-refractivity contribution in [1.82, 2.24) is 10.2 Å². The molecule has 2 amide bonds. The Balaban J connectivity index is 1.63. The van der Waals surface area contributed by atoms with Crippen LogP contribution < -0.4 is 10.6 Å². The molecule has 0 aromatic heterocycles. The van der Waals surface area contributed by atoms with Crippen molar-refractivity contribution in [3.63, 3.8) is 0 Å². The largest absolute Gasteiger partial charge is 0.376 e. The average molecular weight is 387 g/mol. The predicted octanol–water partition coefficient (Wildman–Crippen LogP) is 2.40. The molecular formula is C20H26N4O2S. The third kappa shape index (κ3) is 4.56. The monoisotopic (exact) mass is 386 g/mol. The lowest BCUT2D eigenvalue weighted by Gasteiger charge is -2.27. The lowest BCUT2D eigenvalue weighted by Crippen LogP contribution is -2.48. The highest BCUT2D eigenvalue weighted by atomic mass is 32.2. The molecule has 2 aliphatic rings. The second-order valence-electron chi connectivity index (χ2n) is 7.37. The molecule has 0 spiro atoms. The van der Waals surface area contributed by atoms with E-state index in [1.165, 1.54) is 0 Å². The molecule has 2 N–H and O–H groups in total. The van der Waals surface area contributed by atoms with Crippen LogP contribution in [-0.4, -0.2) is 53.4 Å². The molecular weight excluding hydrogens is 360 g/mol. The van der Waals surface area contributed by atoms with Gasteiger partial charge in [-0.25, -0.2) is 0 Å². The first-order chi connectivity index (χ1) is 12.9. The first-order valence-electron chi connectivity index (χ1n) is 9.37. The summed E-state index contributed by atoms with van der Waals surface area (Å²) in [5.74, 6) is 2.03. The summed E-state index contributed by atoms with van der Waals surface area (Å²) in [4.78, 5) is 27.0. The van der Waals surface area contributed by atoms with E-state index in [4.69, 9.17) is 0 Å². The number of thioether (sulfide) groups is 1. The van der Waals surface area contributed by atoms with Crippen LogP contribution in [-0.2, 0) is 4.79 Å².